The van der Waals surface area contributed by atoms with Crippen molar-refractivity contribution in [3.8, 4) is 23.1 Å². The maximum Gasteiger partial charge on any atom is 0.335 e. The number of aromatic carboxylic acids is 1. The summed E-state index contributed by atoms with van der Waals surface area (Å²) in [4.78, 5) is 10.8. The zero-order valence-electron chi connectivity index (χ0n) is 9.91. The summed E-state index contributed by atoms with van der Waals surface area (Å²) in [6.07, 6.45) is 0. The van der Waals surface area contributed by atoms with Crippen molar-refractivity contribution in [1.29, 1.82) is 0 Å². The summed E-state index contributed by atoms with van der Waals surface area (Å²) in [6, 6.07) is 9.60. The maximum atomic E-state index is 10.8. The lowest BCUT2D eigenvalue weighted by atomic mass is 10.1. The molecular formula is C13H7BrN2O4. The van der Waals surface area contributed by atoms with Gasteiger partial charge in [-0.05, 0) is 52.3 Å². The van der Waals surface area contributed by atoms with Crippen molar-refractivity contribution in [2.75, 3.05) is 0 Å². The van der Waals surface area contributed by atoms with Crippen molar-refractivity contribution < 1.29 is 18.7 Å². The van der Waals surface area contributed by atoms with E-state index in [0.29, 0.717) is 21.9 Å². The standard InChI is InChI=1S/C13H7BrN2O4/c14-10-6-5-9(19-10)12-16-15-11(20-12)7-1-3-8(4-2-7)13(17)18/h1-6H,(H,17,18). The lowest BCUT2D eigenvalue weighted by Gasteiger charge is -1.96. The maximum absolute atomic E-state index is 10.8. The SMILES string of the molecule is O=C(O)c1ccc(-c2nnc(-c3ccc(Br)o3)o2)cc1. The summed E-state index contributed by atoms with van der Waals surface area (Å²) in [5.41, 5.74) is 0.836. The average molecular weight is 335 g/mol. The number of furan rings is 1. The van der Waals surface area contributed by atoms with Crippen LogP contribution in [-0.2, 0) is 0 Å². The first kappa shape index (κ1) is 12.6. The van der Waals surface area contributed by atoms with Crippen molar-refractivity contribution in [1.82, 2.24) is 10.2 Å². The minimum atomic E-state index is -0.983. The number of hydrogen-bond acceptors (Lipinski definition) is 5. The zero-order chi connectivity index (χ0) is 14.1. The summed E-state index contributed by atoms with van der Waals surface area (Å²) >= 11 is 3.19. The van der Waals surface area contributed by atoms with Crippen LogP contribution in [0.5, 0.6) is 0 Å². The van der Waals surface area contributed by atoms with Crippen molar-refractivity contribution in [2.45, 2.75) is 0 Å². The van der Waals surface area contributed by atoms with Crippen molar-refractivity contribution in [3.05, 3.63) is 46.6 Å². The second kappa shape index (κ2) is 4.93. The predicted octanol–water partition coefficient (Wildman–Crippen LogP) is 3.46. The van der Waals surface area contributed by atoms with Gasteiger partial charge in [0.1, 0.15) is 0 Å². The molecule has 1 aromatic carbocycles. The Balaban J connectivity index is 1.91. The van der Waals surface area contributed by atoms with Gasteiger partial charge >= 0.3 is 5.97 Å². The molecule has 0 spiro atoms. The molecule has 0 aliphatic rings. The van der Waals surface area contributed by atoms with Crippen LogP contribution in [0.25, 0.3) is 23.1 Å². The van der Waals surface area contributed by atoms with Crippen LogP contribution in [0, 0.1) is 0 Å². The van der Waals surface area contributed by atoms with Gasteiger partial charge in [-0.15, -0.1) is 10.2 Å². The van der Waals surface area contributed by atoms with Crippen LogP contribution in [-0.4, -0.2) is 21.3 Å². The predicted molar refractivity (Wildman–Crippen MR) is 72.1 cm³/mol. The number of halogens is 1. The van der Waals surface area contributed by atoms with Crippen LogP contribution in [0.3, 0.4) is 0 Å². The highest BCUT2D eigenvalue weighted by atomic mass is 79.9. The van der Waals surface area contributed by atoms with Crippen molar-refractivity contribution >= 4 is 21.9 Å². The first-order chi connectivity index (χ1) is 9.63. The van der Waals surface area contributed by atoms with Crippen LogP contribution in [0.1, 0.15) is 10.4 Å². The molecule has 1 N–H and O–H groups in total. The van der Waals surface area contributed by atoms with Gasteiger partial charge in [0.05, 0.1) is 5.56 Å². The smallest absolute Gasteiger partial charge is 0.335 e. The molecule has 3 rings (SSSR count). The minimum absolute atomic E-state index is 0.198. The fraction of sp³-hybridized carbons (Fsp3) is 0. The fourth-order valence-electron chi connectivity index (χ4n) is 1.62. The number of nitrogens with zero attached hydrogens (tertiary/aromatic N) is 2. The lowest BCUT2D eigenvalue weighted by molar-refractivity contribution is 0.0697. The number of carbonyl (C=O) groups is 1. The lowest BCUT2D eigenvalue weighted by Crippen LogP contribution is -1.94. The van der Waals surface area contributed by atoms with Gasteiger partial charge in [-0.1, -0.05) is 0 Å². The molecule has 0 atom stereocenters. The molecule has 0 unspecified atom stereocenters. The van der Waals surface area contributed by atoms with E-state index in [1.807, 2.05) is 0 Å². The van der Waals surface area contributed by atoms with Gasteiger partial charge < -0.3 is 13.9 Å². The number of aromatic nitrogens is 2. The minimum Gasteiger partial charge on any atom is -0.478 e. The van der Waals surface area contributed by atoms with Gasteiger partial charge in [0.15, 0.2) is 10.4 Å². The topological polar surface area (TPSA) is 89.4 Å². The highest BCUT2D eigenvalue weighted by Gasteiger charge is 2.14. The zero-order valence-corrected chi connectivity index (χ0v) is 11.5. The molecule has 100 valence electrons. The normalized spacial score (nSPS) is 10.7. The van der Waals surface area contributed by atoms with Gasteiger partial charge in [0.25, 0.3) is 5.89 Å². The van der Waals surface area contributed by atoms with Gasteiger partial charge in [-0.25, -0.2) is 4.79 Å². The fourth-order valence-corrected chi connectivity index (χ4v) is 1.93. The average Bonchev–Trinajstić information content (AvgIpc) is 3.07. The molecule has 0 fully saturated rings. The van der Waals surface area contributed by atoms with E-state index in [0.717, 1.165) is 0 Å². The molecule has 3 aromatic rings. The van der Waals surface area contributed by atoms with Gasteiger partial charge in [0, 0.05) is 5.56 Å². The second-order valence-corrected chi connectivity index (χ2v) is 4.68. The highest BCUT2D eigenvalue weighted by Crippen LogP contribution is 2.27. The Morgan fingerprint density at radius 3 is 2.30 bits per heavy atom. The summed E-state index contributed by atoms with van der Waals surface area (Å²) in [5, 5.41) is 16.6. The number of rotatable bonds is 3. The molecule has 7 heteroatoms. The molecule has 0 radical (unpaired) electrons. The molecule has 2 aromatic heterocycles. The third kappa shape index (κ3) is 2.35. The molecule has 0 saturated heterocycles. The Morgan fingerprint density at radius 2 is 1.70 bits per heavy atom. The van der Waals surface area contributed by atoms with Gasteiger partial charge in [0.2, 0.25) is 5.89 Å². The van der Waals surface area contributed by atoms with Gasteiger partial charge in [-0.3, -0.25) is 0 Å². The Labute approximate surface area is 121 Å². The second-order valence-electron chi connectivity index (χ2n) is 3.90. The van der Waals surface area contributed by atoms with E-state index in [9.17, 15) is 4.79 Å². The molecule has 0 aliphatic heterocycles. The van der Waals surface area contributed by atoms with E-state index in [2.05, 4.69) is 26.1 Å². The molecule has 6 nitrogen and oxygen atoms in total. The molecule has 0 bridgehead atoms. The third-order valence-electron chi connectivity index (χ3n) is 2.59. The van der Waals surface area contributed by atoms with Crippen LogP contribution >= 0.6 is 15.9 Å². The van der Waals surface area contributed by atoms with Crippen LogP contribution in [0.2, 0.25) is 0 Å². The largest absolute Gasteiger partial charge is 0.478 e. The van der Waals surface area contributed by atoms with E-state index in [1.165, 1.54) is 12.1 Å². The number of hydrogen-bond donors (Lipinski definition) is 1. The number of benzene rings is 1. The molecular weight excluding hydrogens is 328 g/mol. The van der Waals surface area contributed by atoms with E-state index in [-0.39, 0.29) is 11.5 Å². The number of carboxylic acids is 1. The van der Waals surface area contributed by atoms with Crippen LogP contribution in [0.4, 0.5) is 0 Å². The molecule has 0 saturated carbocycles. The van der Waals surface area contributed by atoms with Crippen molar-refractivity contribution in [3.63, 3.8) is 0 Å². The first-order valence-corrected chi connectivity index (χ1v) is 6.36. The van der Waals surface area contributed by atoms with E-state index >= 15 is 0 Å². The molecule has 2 heterocycles. The summed E-state index contributed by atoms with van der Waals surface area (Å²) < 4.78 is 11.4. The van der Waals surface area contributed by atoms with E-state index in [1.54, 1.807) is 24.3 Å². The third-order valence-corrected chi connectivity index (χ3v) is 3.01. The molecule has 20 heavy (non-hydrogen) atoms. The molecule has 0 amide bonds. The highest BCUT2D eigenvalue weighted by molar-refractivity contribution is 9.10. The van der Waals surface area contributed by atoms with Crippen molar-refractivity contribution in [2.24, 2.45) is 0 Å². The number of carboxylic acid groups (broad SMARTS) is 1. The van der Waals surface area contributed by atoms with E-state index in [4.69, 9.17) is 13.9 Å². The summed E-state index contributed by atoms with van der Waals surface area (Å²) in [5.74, 6) is 0.0263. The Kier molecular flexibility index (Phi) is 3.11. The Bertz CT molecular complexity index is 761. The summed E-state index contributed by atoms with van der Waals surface area (Å²) in [6.45, 7) is 0. The first-order valence-electron chi connectivity index (χ1n) is 5.56. The quantitative estimate of drug-likeness (QED) is 0.788. The summed E-state index contributed by atoms with van der Waals surface area (Å²) in [7, 11) is 0. The van der Waals surface area contributed by atoms with Gasteiger partial charge in [-0.2, -0.15) is 0 Å². The van der Waals surface area contributed by atoms with Crippen LogP contribution < -0.4 is 0 Å². The van der Waals surface area contributed by atoms with E-state index < -0.39 is 5.97 Å². The van der Waals surface area contributed by atoms with Crippen LogP contribution in [0.15, 0.2) is 49.9 Å². The Morgan fingerprint density at radius 1 is 1.00 bits per heavy atom. The Hall–Kier alpha value is -2.41. The molecule has 0 aliphatic carbocycles. The monoisotopic (exact) mass is 334 g/mol.